The van der Waals surface area contributed by atoms with Gasteiger partial charge in [0, 0.05) is 50.8 Å². The van der Waals surface area contributed by atoms with Crippen LogP contribution >= 0.6 is 0 Å². The smallest absolute Gasteiger partial charge is 0.374 e. The van der Waals surface area contributed by atoms with E-state index in [1.807, 2.05) is 4.90 Å². The first-order chi connectivity index (χ1) is 9.47. The van der Waals surface area contributed by atoms with E-state index in [1.165, 1.54) is 6.20 Å². The topological polar surface area (TPSA) is 49.3 Å². The van der Waals surface area contributed by atoms with Gasteiger partial charge in [-0.3, -0.25) is 4.79 Å². The third-order valence-corrected chi connectivity index (χ3v) is 2.87. The Kier molecular flexibility index (Phi) is 4.21. The average Bonchev–Trinajstić information content (AvgIpc) is 2.45. The molecule has 2 heterocycles. The summed E-state index contributed by atoms with van der Waals surface area (Å²) in [5.74, 6) is -1.24. The maximum Gasteiger partial charge on any atom is 0.454 e. The molecule has 8 heteroatoms. The monoisotopic (exact) mass is 286 g/mol. The van der Waals surface area contributed by atoms with E-state index in [1.54, 1.807) is 23.4 Å². The number of alkyl halides is 3. The molecule has 1 aromatic rings. The Morgan fingerprint density at radius 2 is 1.75 bits per heavy atom. The molecule has 20 heavy (non-hydrogen) atoms. The second-order valence-corrected chi connectivity index (χ2v) is 4.25. The predicted octanol–water partition coefficient (Wildman–Crippen LogP) is 1.24. The van der Waals surface area contributed by atoms with Crippen molar-refractivity contribution in [2.24, 2.45) is 0 Å². The van der Waals surface area contributed by atoms with Crippen molar-refractivity contribution in [2.45, 2.75) is 6.18 Å². The minimum atomic E-state index is -4.81. The largest absolute Gasteiger partial charge is 0.454 e. The van der Waals surface area contributed by atoms with Crippen LogP contribution < -0.4 is 4.90 Å². The molecule has 0 unspecified atom stereocenters. The van der Waals surface area contributed by atoms with Crippen molar-refractivity contribution in [3.63, 3.8) is 0 Å². The molecule has 0 bridgehead atoms. The second kappa shape index (κ2) is 5.89. The van der Waals surface area contributed by atoms with E-state index in [0.29, 0.717) is 38.2 Å². The number of anilines is 1. The van der Waals surface area contributed by atoms with Crippen molar-refractivity contribution in [1.82, 2.24) is 14.9 Å². The van der Waals surface area contributed by atoms with Gasteiger partial charge < -0.3 is 9.80 Å². The number of hydrogen-bond donors (Lipinski definition) is 0. The maximum absolute atomic E-state index is 12.0. The zero-order valence-electron chi connectivity index (χ0n) is 10.5. The number of aromatic nitrogens is 2. The Labute approximate surface area is 113 Å². The number of carbonyl (C=O) groups is 1. The van der Waals surface area contributed by atoms with Gasteiger partial charge in [-0.25, -0.2) is 9.97 Å². The van der Waals surface area contributed by atoms with Crippen molar-refractivity contribution >= 4 is 11.7 Å². The highest BCUT2D eigenvalue weighted by Crippen LogP contribution is 2.17. The first-order valence-electron chi connectivity index (χ1n) is 6.02. The third-order valence-electron chi connectivity index (χ3n) is 2.87. The molecule has 1 aliphatic rings. The summed E-state index contributed by atoms with van der Waals surface area (Å²) in [6.07, 6.45) is 0.219. The molecule has 5 nitrogen and oxygen atoms in total. The lowest BCUT2D eigenvalue weighted by atomic mass is 10.3. The fourth-order valence-corrected chi connectivity index (χ4v) is 1.79. The van der Waals surface area contributed by atoms with Gasteiger partial charge in [0.1, 0.15) is 0 Å². The Morgan fingerprint density at radius 3 is 2.30 bits per heavy atom. The van der Waals surface area contributed by atoms with Gasteiger partial charge in [0.25, 0.3) is 5.78 Å². The fraction of sp³-hybridized carbons (Fsp3) is 0.417. The van der Waals surface area contributed by atoms with E-state index in [2.05, 4.69) is 9.97 Å². The van der Waals surface area contributed by atoms with Crippen molar-refractivity contribution in [3.05, 3.63) is 30.7 Å². The SMILES string of the molecule is O=C(/C=C/N1CCN(c2ncccn2)CC1)C(F)(F)F. The molecule has 0 aliphatic carbocycles. The summed E-state index contributed by atoms with van der Waals surface area (Å²) in [5, 5.41) is 0. The number of carbonyl (C=O) groups excluding carboxylic acids is 1. The van der Waals surface area contributed by atoms with E-state index in [9.17, 15) is 18.0 Å². The van der Waals surface area contributed by atoms with Crippen LogP contribution in [0.5, 0.6) is 0 Å². The summed E-state index contributed by atoms with van der Waals surface area (Å²) in [5.41, 5.74) is 0. The molecule has 0 amide bonds. The highest BCUT2D eigenvalue weighted by Gasteiger charge is 2.36. The quantitative estimate of drug-likeness (QED) is 0.783. The summed E-state index contributed by atoms with van der Waals surface area (Å²) in [6.45, 7) is 2.21. The summed E-state index contributed by atoms with van der Waals surface area (Å²) in [6, 6.07) is 1.71. The van der Waals surface area contributed by atoms with Gasteiger partial charge in [0.05, 0.1) is 0 Å². The zero-order valence-corrected chi connectivity index (χ0v) is 10.5. The van der Waals surface area contributed by atoms with Crippen LogP contribution in [0, 0.1) is 0 Å². The lowest BCUT2D eigenvalue weighted by Gasteiger charge is -2.33. The molecule has 2 rings (SSSR count). The Morgan fingerprint density at radius 1 is 1.15 bits per heavy atom. The highest BCUT2D eigenvalue weighted by atomic mass is 19.4. The molecule has 0 spiro atoms. The van der Waals surface area contributed by atoms with Crippen LogP contribution in [0.3, 0.4) is 0 Å². The fourth-order valence-electron chi connectivity index (χ4n) is 1.79. The average molecular weight is 286 g/mol. The van der Waals surface area contributed by atoms with Crippen molar-refractivity contribution < 1.29 is 18.0 Å². The number of piperazine rings is 1. The number of allylic oxidation sites excluding steroid dienone is 1. The van der Waals surface area contributed by atoms with Crippen LogP contribution in [0.4, 0.5) is 19.1 Å². The van der Waals surface area contributed by atoms with Gasteiger partial charge in [-0.15, -0.1) is 0 Å². The normalized spacial score (nSPS) is 16.8. The van der Waals surface area contributed by atoms with E-state index >= 15 is 0 Å². The van der Waals surface area contributed by atoms with Gasteiger partial charge in [-0.1, -0.05) is 0 Å². The molecular weight excluding hydrogens is 273 g/mol. The standard InChI is InChI=1S/C12H13F3N4O/c13-12(14,15)10(20)2-5-18-6-8-19(9-7-18)11-16-3-1-4-17-11/h1-5H,6-9H2/b5-2+. The van der Waals surface area contributed by atoms with Crippen LogP contribution in [0.25, 0.3) is 0 Å². The summed E-state index contributed by atoms with van der Waals surface area (Å²) < 4.78 is 36.1. The highest BCUT2D eigenvalue weighted by molar-refractivity contribution is 5.94. The molecule has 1 aromatic heterocycles. The third kappa shape index (κ3) is 3.69. The molecule has 0 radical (unpaired) electrons. The van der Waals surface area contributed by atoms with Crippen molar-refractivity contribution in [2.75, 3.05) is 31.1 Å². The minimum Gasteiger partial charge on any atom is -0.374 e. The van der Waals surface area contributed by atoms with E-state index in [0.717, 1.165) is 0 Å². The van der Waals surface area contributed by atoms with Crippen LogP contribution in [0.15, 0.2) is 30.7 Å². The Balaban J connectivity index is 1.86. The number of hydrogen-bond acceptors (Lipinski definition) is 5. The van der Waals surface area contributed by atoms with Gasteiger partial charge in [-0.05, 0) is 6.07 Å². The van der Waals surface area contributed by atoms with Crippen molar-refractivity contribution in [1.29, 1.82) is 0 Å². The molecule has 0 atom stereocenters. The minimum absolute atomic E-state index is 0.514. The number of nitrogens with zero attached hydrogens (tertiary/aromatic N) is 4. The lowest BCUT2D eigenvalue weighted by molar-refractivity contribution is -0.165. The second-order valence-electron chi connectivity index (χ2n) is 4.25. The molecule has 0 saturated carbocycles. The first kappa shape index (κ1) is 14.3. The Bertz CT molecular complexity index is 481. The summed E-state index contributed by atoms with van der Waals surface area (Å²) in [4.78, 5) is 22.6. The van der Waals surface area contributed by atoms with Gasteiger partial charge in [0.15, 0.2) is 0 Å². The number of rotatable bonds is 3. The van der Waals surface area contributed by atoms with E-state index in [-0.39, 0.29) is 0 Å². The maximum atomic E-state index is 12.0. The van der Waals surface area contributed by atoms with Crippen molar-refractivity contribution in [3.8, 4) is 0 Å². The van der Waals surface area contributed by atoms with Gasteiger partial charge in [-0.2, -0.15) is 13.2 Å². The molecule has 1 aliphatic heterocycles. The van der Waals surface area contributed by atoms with Gasteiger partial charge in [0.2, 0.25) is 5.95 Å². The molecule has 1 saturated heterocycles. The van der Waals surface area contributed by atoms with Crippen LogP contribution in [0.2, 0.25) is 0 Å². The van der Waals surface area contributed by atoms with Crippen LogP contribution in [0.1, 0.15) is 0 Å². The van der Waals surface area contributed by atoms with E-state index in [4.69, 9.17) is 0 Å². The molecule has 0 aromatic carbocycles. The van der Waals surface area contributed by atoms with Crippen LogP contribution in [-0.4, -0.2) is 53.0 Å². The lowest BCUT2D eigenvalue weighted by Crippen LogP contribution is -2.44. The number of halogens is 3. The summed E-state index contributed by atoms with van der Waals surface area (Å²) in [7, 11) is 0. The molecule has 0 N–H and O–H groups in total. The first-order valence-corrected chi connectivity index (χ1v) is 6.02. The predicted molar refractivity (Wildman–Crippen MR) is 66.0 cm³/mol. The number of ketones is 1. The Hall–Kier alpha value is -2.12. The molecule has 1 fully saturated rings. The summed E-state index contributed by atoms with van der Waals surface area (Å²) >= 11 is 0. The van der Waals surface area contributed by atoms with Gasteiger partial charge >= 0.3 is 6.18 Å². The zero-order chi connectivity index (χ0) is 14.6. The molecule has 108 valence electrons. The van der Waals surface area contributed by atoms with E-state index < -0.39 is 12.0 Å². The van der Waals surface area contributed by atoms with Crippen LogP contribution in [-0.2, 0) is 4.79 Å². The molecular formula is C12H13F3N4O.